The third kappa shape index (κ3) is 5.37. The van der Waals surface area contributed by atoms with Crippen molar-refractivity contribution in [3.05, 3.63) is 65.7 Å². The molecule has 0 saturated heterocycles. The van der Waals surface area contributed by atoms with E-state index in [0.29, 0.717) is 11.5 Å². The minimum absolute atomic E-state index is 0.172. The normalized spacial score (nSPS) is 10.5. The molecule has 0 aliphatic heterocycles. The third-order valence-corrected chi connectivity index (χ3v) is 2.85. The molecule has 3 heteroatoms. The van der Waals surface area contributed by atoms with E-state index in [4.69, 9.17) is 4.74 Å². The van der Waals surface area contributed by atoms with Crippen molar-refractivity contribution in [2.45, 2.75) is 13.8 Å². The van der Waals surface area contributed by atoms with Gasteiger partial charge in [-0.2, -0.15) is 0 Å². The maximum absolute atomic E-state index is 9.25. The molecular formula is C19H22O3. The van der Waals surface area contributed by atoms with Gasteiger partial charge >= 0.3 is 0 Å². The van der Waals surface area contributed by atoms with Crippen molar-refractivity contribution in [2.75, 3.05) is 7.11 Å². The van der Waals surface area contributed by atoms with Crippen molar-refractivity contribution in [3.8, 4) is 17.2 Å². The van der Waals surface area contributed by atoms with Gasteiger partial charge in [-0.3, -0.25) is 0 Å². The molecule has 0 bridgehead atoms. The molecule has 0 aliphatic carbocycles. The molecule has 0 atom stereocenters. The first-order valence-corrected chi connectivity index (χ1v) is 7.02. The molecule has 2 N–H and O–H groups in total. The quantitative estimate of drug-likeness (QED) is 0.850. The summed E-state index contributed by atoms with van der Waals surface area (Å²) >= 11 is 0. The molecule has 0 amide bonds. The lowest BCUT2D eigenvalue weighted by molar-refractivity contribution is 0.373. The topological polar surface area (TPSA) is 49.7 Å². The van der Waals surface area contributed by atoms with Gasteiger partial charge < -0.3 is 14.9 Å². The van der Waals surface area contributed by atoms with E-state index < -0.39 is 0 Å². The molecule has 2 aromatic carbocycles. The Labute approximate surface area is 131 Å². The summed E-state index contributed by atoms with van der Waals surface area (Å²) in [5.41, 5.74) is 1.89. The van der Waals surface area contributed by atoms with E-state index >= 15 is 0 Å². The van der Waals surface area contributed by atoms with Crippen LogP contribution >= 0.6 is 0 Å². The zero-order valence-corrected chi connectivity index (χ0v) is 13.2. The van der Waals surface area contributed by atoms with Crippen LogP contribution < -0.4 is 4.74 Å². The summed E-state index contributed by atoms with van der Waals surface area (Å²) in [7, 11) is 1.54. The van der Waals surface area contributed by atoms with Crippen LogP contribution in [0.3, 0.4) is 0 Å². The Bertz CT molecular complexity index is 643. The minimum Gasteiger partial charge on any atom is -0.507 e. The van der Waals surface area contributed by atoms with Gasteiger partial charge in [0.2, 0.25) is 0 Å². The van der Waals surface area contributed by atoms with Crippen LogP contribution in [0.25, 0.3) is 12.2 Å². The SMILES string of the molecule is C/C=C/c1ccc(O)c(OC)c1.C/C=C/c1ccccc1O. The summed E-state index contributed by atoms with van der Waals surface area (Å²) in [5, 5.41) is 18.4. The van der Waals surface area contributed by atoms with Gasteiger partial charge in [0.1, 0.15) is 5.75 Å². The molecule has 2 rings (SSSR count). The van der Waals surface area contributed by atoms with Gasteiger partial charge in [-0.15, -0.1) is 0 Å². The highest BCUT2D eigenvalue weighted by molar-refractivity contribution is 5.56. The molecule has 0 spiro atoms. The highest BCUT2D eigenvalue weighted by Gasteiger charge is 1.99. The fourth-order valence-corrected chi connectivity index (χ4v) is 1.80. The summed E-state index contributed by atoms with van der Waals surface area (Å²) in [4.78, 5) is 0. The molecule has 22 heavy (non-hydrogen) atoms. The maximum atomic E-state index is 9.25. The van der Waals surface area contributed by atoms with Gasteiger partial charge in [-0.25, -0.2) is 0 Å². The smallest absolute Gasteiger partial charge is 0.161 e. The second-order valence-electron chi connectivity index (χ2n) is 4.49. The largest absolute Gasteiger partial charge is 0.507 e. The first kappa shape index (κ1) is 17.4. The highest BCUT2D eigenvalue weighted by Crippen LogP contribution is 2.26. The van der Waals surface area contributed by atoms with Crippen LogP contribution in [0.2, 0.25) is 0 Å². The number of allylic oxidation sites excluding steroid dienone is 2. The molecule has 0 unspecified atom stereocenters. The van der Waals surface area contributed by atoms with Gasteiger partial charge in [0, 0.05) is 5.56 Å². The van der Waals surface area contributed by atoms with Crippen LogP contribution in [0.4, 0.5) is 0 Å². The Hall–Kier alpha value is -2.68. The van der Waals surface area contributed by atoms with E-state index in [-0.39, 0.29) is 5.75 Å². The fraction of sp³-hybridized carbons (Fsp3) is 0.158. The predicted molar refractivity (Wildman–Crippen MR) is 92.2 cm³/mol. The van der Waals surface area contributed by atoms with Crippen molar-refractivity contribution < 1.29 is 14.9 Å². The first-order chi connectivity index (χ1) is 10.6. The number of para-hydroxylation sites is 1. The number of hydrogen-bond donors (Lipinski definition) is 2. The van der Waals surface area contributed by atoms with Crippen molar-refractivity contribution in [3.63, 3.8) is 0 Å². The standard InChI is InChI=1S/C10H12O2.C9H10O/c1-3-4-8-5-6-9(11)10(7-8)12-2;1-2-5-8-6-3-4-7-9(8)10/h3-7,11H,1-2H3;2-7,10H,1H3/b4-3+;5-2+. The van der Waals surface area contributed by atoms with Crippen LogP contribution in [0.1, 0.15) is 25.0 Å². The van der Waals surface area contributed by atoms with Crippen LogP contribution in [0.5, 0.6) is 17.2 Å². The van der Waals surface area contributed by atoms with Gasteiger partial charge in [-0.1, -0.05) is 48.6 Å². The Kier molecular flexibility index (Phi) is 7.34. The van der Waals surface area contributed by atoms with Crippen molar-refractivity contribution in [1.82, 2.24) is 0 Å². The lowest BCUT2D eigenvalue weighted by atomic mass is 10.2. The molecule has 116 valence electrons. The highest BCUT2D eigenvalue weighted by atomic mass is 16.5. The van der Waals surface area contributed by atoms with Crippen molar-refractivity contribution in [1.29, 1.82) is 0 Å². The predicted octanol–water partition coefficient (Wildman–Crippen LogP) is 4.86. The molecule has 0 fully saturated rings. The molecule has 3 nitrogen and oxygen atoms in total. The maximum Gasteiger partial charge on any atom is 0.161 e. The number of ether oxygens (including phenoxy) is 1. The summed E-state index contributed by atoms with van der Waals surface area (Å²) in [6.45, 7) is 3.87. The van der Waals surface area contributed by atoms with E-state index in [9.17, 15) is 10.2 Å². The number of phenolic OH excluding ortho intramolecular Hbond substituents is 2. The van der Waals surface area contributed by atoms with Gasteiger partial charge in [0.25, 0.3) is 0 Å². The molecular weight excluding hydrogens is 276 g/mol. The number of phenols is 2. The molecule has 0 radical (unpaired) electrons. The van der Waals surface area contributed by atoms with Crippen molar-refractivity contribution in [2.24, 2.45) is 0 Å². The van der Waals surface area contributed by atoms with Crippen LogP contribution in [0, 0.1) is 0 Å². The van der Waals surface area contributed by atoms with E-state index in [1.165, 1.54) is 7.11 Å². The number of benzene rings is 2. The van der Waals surface area contributed by atoms with Gasteiger partial charge in [0.05, 0.1) is 7.11 Å². The molecule has 0 aliphatic rings. The molecule has 0 heterocycles. The molecule has 0 saturated carbocycles. The number of rotatable bonds is 3. The first-order valence-electron chi connectivity index (χ1n) is 7.02. The zero-order valence-electron chi connectivity index (χ0n) is 13.2. The molecule has 2 aromatic rings. The summed E-state index contributed by atoms with van der Waals surface area (Å²) < 4.78 is 4.95. The number of hydrogen-bond acceptors (Lipinski definition) is 3. The number of aromatic hydroxyl groups is 2. The minimum atomic E-state index is 0.172. The average Bonchev–Trinajstić information content (AvgIpc) is 2.53. The Balaban J connectivity index is 0.000000224. The van der Waals surface area contributed by atoms with Gasteiger partial charge in [0.15, 0.2) is 11.5 Å². The van der Waals surface area contributed by atoms with Gasteiger partial charge in [-0.05, 0) is 37.6 Å². The van der Waals surface area contributed by atoms with Crippen LogP contribution in [-0.4, -0.2) is 17.3 Å². The third-order valence-electron chi connectivity index (χ3n) is 2.85. The summed E-state index contributed by atoms with van der Waals surface area (Å²) in [5.74, 6) is 1.01. The summed E-state index contributed by atoms with van der Waals surface area (Å²) in [6, 6.07) is 12.5. The van der Waals surface area contributed by atoms with Crippen LogP contribution in [0.15, 0.2) is 54.6 Å². The Morgan fingerprint density at radius 2 is 1.55 bits per heavy atom. The fourth-order valence-electron chi connectivity index (χ4n) is 1.80. The van der Waals surface area contributed by atoms with E-state index in [1.54, 1.807) is 18.2 Å². The zero-order chi connectivity index (χ0) is 16.4. The molecule has 0 aromatic heterocycles. The summed E-state index contributed by atoms with van der Waals surface area (Å²) in [6.07, 6.45) is 7.65. The Morgan fingerprint density at radius 3 is 2.14 bits per heavy atom. The van der Waals surface area contributed by atoms with Crippen molar-refractivity contribution >= 4 is 12.2 Å². The van der Waals surface area contributed by atoms with E-state index in [2.05, 4.69) is 0 Å². The van der Waals surface area contributed by atoms with E-state index in [0.717, 1.165) is 11.1 Å². The van der Waals surface area contributed by atoms with E-state index in [1.807, 2.05) is 62.4 Å². The monoisotopic (exact) mass is 298 g/mol. The lowest BCUT2D eigenvalue weighted by Crippen LogP contribution is -1.83. The second kappa shape index (κ2) is 9.29. The number of methoxy groups -OCH3 is 1. The van der Waals surface area contributed by atoms with Crippen LogP contribution in [-0.2, 0) is 0 Å². The Morgan fingerprint density at radius 1 is 0.864 bits per heavy atom. The second-order valence-corrected chi connectivity index (χ2v) is 4.49. The average molecular weight is 298 g/mol. The lowest BCUT2D eigenvalue weighted by Gasteiger charge is -2.03.